The van der Waals surface area contributed by atoms with Gasteiger partial charge in [-0.2, -0.15) is 0 Å². The smallest absolute Gasteiger partial charge is 0.354 e. The van der Waals surface area contributed by atoms with Crippen molar-refractivity contribution in [2.24, 2.45) is 0 Å². The number of carboxylic acid groups (broad SMARTS) is 2. The van der Waals surface area contributed by atoms with Crippen LogP contribution >= 0.6 is 0 Å². The number of rotatable bonds is 3. The van der Waals surface area contributed by atoms with Gasteiger partial charge in [0.05, 0.1) is 12.0 Å². The number of carbonyl (C=O) groups is 2. The normalized spacial score (nSPS) is 10.1. The second kappa shape index (κ2) is 4.05. The van der Waals surface area contributed by atoms with Crippen molar-refractivity contribution in [1.29, 1.82) is 0 Å². The zero-order valence-electron chi connectivity index (χ0n) is 8.44. The average Bonchev–Trinajstić information content (AvgIpc) is 2.81. The molecule has 2 heterocycles. The Kier molecular flexibility index (Phi) is 2.57. The molecule has 2 rings (SSSR count). The molecule has 0 saturated carbocycles. The summed E-state index contributed by atoms with van der Waals surface area (Å²) in [5.74, 6) is -2.57. The Morgan fingerprint density at radius 1 is 1.12 bits per heavy atom. The zero-order chi connectivity index (χ0) is 12.4. The summed E-state index contributed by atoms with van der Waals surface area (Å²) in [6.45, 7) is 0. The predicted octanol–water partition coefficient (Wildman–Crippen LogP) is 0.664. The lowest BCUT2D eigenvalue weighted by atomic mass is 10.2. The second-order valence-corrected chi connectivity index (χ2v) is 3.18. The number of hydrogen-bond donors (Lipinski definition) is 2. The Morgan fingerprint density at radius 2 is 1.71 bits per heavy atom. The quantitative estimate of drug-likeness (QED) is 0.806. The number of imidazole rings is 1. The van der Waals surface area contributed by atoms with Crippen molar-refractivity contribution in [1.82, 2.24) is 14.5 Å². The maximum absolute atomic E-state index is 10.8. The minimum atomic E-state index is -1.28. The van der Waals surface area contributed by atoms with Gasteiger partial charge in [0.2, 0.25) is 0 Å². The number of aromatic carboxylic acids is 2. The topological polar surface area (TPSA) is 105 Å². The first kappa shape index (κ1) is 10.8. The highest BCUT2D eigenvalue weighted by molar-refractivity contribution is 5.90. The highest BCUT2D eigenvalue weighted by Crippen LogP contribution is 2.11. The van der Waals surface area contributed by atoms with E-state index in [2.05, 4.69) is 9.97 Å². The minimum Gasteiger partial charge on any atom is -0.477 e. The Balaban J connectivity index is 2.60. The molecule has 0 spiro atoms. The fraction of sp³-hybridized carbons (Fsp3) is 0. The number of pyridine rings is 1. The molecule has 0 radical (unpaired) electrons. The van der Waals surface area contributed by atoms with Crippen LogP contribution in [0.15, 0.2) is 30.9 Å². The summed E-state index contributed by atoms with van der Waals surface area (Å²) in [4.78, 5) is 28.9. The average molecular weight is 233 g/mol. The molecule has 2 N–H and O–H groups in total. The molecule has 0 aliphatic carbocycles. The minimum absolute atomic E-state index is 0.325. The molecule has 0 aliphatic rings. The van der Waals surface area contributed by atoms with Gasteiger partial charge in [-0.15, -0.1) is 0 Å². The van der Waals surface area contributed by atoms with E-state index in [0.717, 1.165) is 0 Å². The first-order valence-corrected chi connectivity index (χ1v) is 4.55. The highest BCUT2D eigenvalue weighted by Gasteiger charge is 2.13. The number of nitrogens with zero attached hydrogens (tertiary/aromatic N) is 3. The Morgan fingerprint density at radius 3 is 2.12 bits per heavy atom. The lowest BCUT2D eigenvalue weighted by molar-refractivity contribution is 0.0685. The number of hydrogen-bond acceptors (Lipinski definition) is 4. The van der Waals surface area contributed by atoms with Gasteiger partial charge in [0.25, 0.3) is 0 Å². The van der Waals surface area contributed by atoms with Gasteiger partial charge < -0.3 is 14.8 Å². The summed E-state index contributed by atoms with van der Waals surface area (Å²) in [5, 5.41) is 17.7. The molecule has 86 valence electrons. The number of carboxylic acids is 2. The molecule has 0 unspecified atom stereocenters. The molecular weight excluding hydrogens is 226 g/mol. The largest absolute Gasteiger partial charge is 0.477 e. The first-order chi connectivity index (χ1) is 8.08. The lowest BCUT2D eigenvalue weighted by Gasteiger charge is -2.04. The SMILES string of the molecule is O=C(O)c1cc(-n2ccnc2)cc(C(=O)O)n1. The molecule has 0 aromatic carbocycles. The van der Waals surface area contributed by atoms with E-state index in [1.807, 2.05) is 0 Å². The third-order valence-corrected chi connectivity index (χ3v) is 2.05. The van der Waals surface area contributed by atoms with Crippen molar-refractivity contribution < 1.29 is 19.8 Å². The fourth-order valence-corrected chi connectivity index (χ4v) is 1.30. The Bertz CT molecular complexity index is 545. The maximum Gasteiger partial charge on any atom is 0.354 e. The molecule has 2 aromatic heterocycles. The summed E-state index contributed by atoms with van der Waals surface area (Å²) in [6, 6.07) is 2.55. The van der Waals surface area contributed by atoms with E-state index >= 15 is 0 Å². The molecule has 0 atom stereocenters. The molecule has 2 aromatic rings. The van der Waals surface area contributed by atoms with E-state index in [0.29, 0.717) is 5.69 Å². The molecule has 17 heavy (non-hydrogen) atoms. The van der Waals surface area contributed by atoms with Gasteiger partial charge in [-0.3, -0.25) is 0 Å². The second-order valence-electron chi connectivity index (χ2n) is 3.18. The van der Waals surface area contributed by atoms with E-state index in [9.17, 15) is 9.59 Å². The van der Waals surface area contributed by atoms with Crippen LogP contribution in [0.2, 0.25) is 0 Å². The van der Waals surface area contributed by atoms with Crippen molar-refractivity contribution >= 4 is 11.9 Å². The molecule has 0 bridgehead atoms. The first-order valence-electron chi connectivity index (χ1n) is 4.55. The van der Waals surface area contributed by atoms with Crippen LogP contribution in [0.4, 0.5) is 0 Å². The van der Waals surface area contributed by atoms with Gasteiger partial charge in [-0.1, -0.05) is 0 Å². The van der Waals surface area contributed by atoms with Gasteiger partial charge in [-0.25, -0.2) is 19.6 Å². The van der Waals surface area contributed by atoms with E-state index in [1.165, 1.54) is 29.2 Å². The van der Waals surface area contributed by atoms with Crippen LogP contribution in [0.1, 0.15) is 21.0 Å². The van der Waals surface area contributed by atoms with Crippen LogP contribution in [0.3, 0.4) is 0 Å². The fourth-order valence-electron chi connectivity index (χ4n) is 1.30. The summed E-state index contributed by atoms with van der Waals surface area (Å²) in [6.07, 6.45) is 4.51. The van der Waals surface area contributed by atoms with Gasteiger partial charge >= 0.3 is 11.9 Å². The van der Waals surface area contributed by atoms with Crippen molar-refractivity contribution in [3.05, 3.63) is 42.2 Å². The van der Waals surface area contributed by atoms with E-state index < -0.39 is 11.9 Å². The summed E-state index contributed by atoms with van der Waals surface area (Å²) in [7, 11) is 0. The summed E-state index contributed by atoms with van der Waals surface area (Å²) >= 11 is 0. The Hall–Kier alpha value is -2.70. The molecule has 7 nitrogen and oxygen atoms in total. The molecule has 7 heteroatoms. The molecule has 0 amide bonds. The van der Waals surface area contributed by atoms with Crippen molar-refractivity contribution in [2.45, 2.75) is 0 Å². The van der Waals surface area contributed by atoms with Gasteiger partial charge in [0.1, 0.15) is 0 Å². The van der Waals surface area contributed by atoms with Crippen LogP contribution in [-0.2, 0) is 0 Å². The standard InChI is InChI=1S/C10H7N3O4/c14-9(15)7-3-6(13-2-1-11-5-13)4-8(12-7)10(16)17/h1-5H,(H,14,15)(H,16,17). The van der Waals surface area contributed by atoms with Crippen LogP contribution in [-0.4, -0.2) is 36.7 Å². The van der Waals surface area contributed by atoms with Crippen molar-refractivity contribution in [2.75, 3.05) is 0 Å². The molecule has 0 fully saturated rings. The molecule has 0 saturated heterocycles. The van der Waals surface area contributed by atoms with Crippen LogP contribution in [0.5, 0.6) is 0 Å². The number of aromatic nitrogens is 3. The van der Waals surface area contributed by atoms with Gasteiger partial charge in [0, 0.05) is 12.4 Å². The highest BCUT2D eigenvalue weighted by atomic mass is 16.4. The maximum atomic E-state index is 10.8. The van der Waals surface area contributed by atoms with Crippen molar-refractivity contribution in [3.63, 3.8) is 0 Å². The van der Waals surface area contributed by atoms with Crippen molar-refractivity contribution in [3.8, 4) is 5.69 Å². The van der Waals surface area contributed by atoms with E-state index in [1.54, 1.807) is 6.20 Å². The van der Waals surface area contributed by atoms with Crippen LogP contribution in [0.25, 0.3) is 5.69 Å². The molecular formula is C10H7N3O4. The van der Waals surface area contributed by atoms with Gasteiger partial charge in [-0.05, 0) is 12.1 Å². The zero-order valence-corrected chi connectivity index (χ0v) is 8.44. The van der Waals surface area contributed by atoms with Gasteiger partial charge in [0.15, 0.2) is 11.4 Å². The molecule has 0 aliphatic heterocycles. The summed E-state index contributed by atoms with van der Waals surface area (Å²) < 4.78 is 1.50. The monoisotopic (exact) mass is 233 g/mol. The third-order valence-electron chi connectivity index (χ3n) is 2.05. The lowest BCUT2D eigenvalue weighted by Crippen LogP contribution is -2.09. The summed E-state index contributed by atoms with van der Waals surface area (Å²) in [5.41, 5.74) is -0.269. The van der Waals surface area contributed by atoms with E-state index in [4.69, 9.17) is 10.2 Å². The predicted molar refractivity (Wildman–Crippen MR) is 55.3 cm³/mol. The Labute approximate surface area is 95.0 Å². The van der Waals surface area contributed by atoms with E-state index in [-0.39, 0.29) is 11.4 Å². The van der Waals surface area contributed by atoms with Crippen LogP contribution in [0, 0.1) is 0 Å². The third kappa shape index (κ3) is 2.12. The van der Waals surface area contributed by atoms with Crippen LogP contribution < -0.4 is 0 Å².